The van der Waals surface area contributed by atoms with Crippen molar-refractivity contribution in [2.24, 2.45) is 0 Å². The number of amides is 1. The lowest BCUT2D eigenvalue weighted by Crippen LogP contribution is -2.35. The average molecular weight is 264 g/mol. The Kier molecular flexibility index (Phi) is 4.10. The third kappa shape index (κ3) is 3.28. The highest BCUT2D eigenvalue weighted by Gasteiger charge is 2.32. The van der Waals surface area contributed by atoms with Gasteiger partial charge in [0.15, 0.2) is 0 Å². The van der Waals surface area contributed by atoms with Gasteiger partial charge in [0.25, 0.3) is 0 Å². The maximum atomic E-state index is 13.5. The summed E-state index contributed by atoms with van der Waals surface area (Å²) in [5.41, 5.74) is -0.199. The molecule has 0 spiro atoms. The van der Waals surface area contributed by atoms with Crippen LogP contribution in [0.3, 0.4) is 0 Å². The maximum absolute atomic E-state index is 13.5. The Hall–Kier alpha value is -1.96. The zero-order chi connectivity index (χ0) is 13.8. The molecule has 1 aliphatic rings. The molecule has 0 heterocycles. The number of nitrogens with zero attached hydrogens (tertiary/aromatic N) is 2. The monoisotopic (exact) mass is 264 g/mol. The van der Waals surface area contributed by atoms with E-state index in [0.29, 0.717) is 6.54 Å². The minimum absolute atomic E-state index is 0.135. The zero-order valence-corrected chi connectivity index (χ0v) is 10.4. The van der Waals surface area contributed by atoms with Gasteiger partial charge in [-0.25, -0.2) is 8.78 Å². The number of halogens is 2. The van der Waals surface area contributed by atoms with Crippen LogP contribution in [0.25, 0.3) is 0 Å². The van der Waals surface area contributed by atoms with Gasteiger partial charge in [-0.15, -0.1) is 0 Å². The summed E-state index contributed by atoms with van der Waals surface area (Å²) in [4.78, 5) is 13.7. The molecule has 1 aromatic carbocycles. The number of carbonyl (C=O) groups excluding carboxylic acids is 1. The van der Waals surface area contributed by atoms with Crippen molar-refractivity contribution >= 4 is 5.91 Å². The van der Waals surface area contributed by atoms with E-state index in [9.17, 15) is 13.6 Å². The fourth-order valence-electron chi connectivity index (χ4n) is 2.02. The number of benzene rings is 1. The number of hydrogen-bond donors (Lipinski definition) is 0. The molecule has 1 aromatic rings. The van der Waals surface area contributed by atoms with Crippen LogP contribution in [0.4, 0.5) is 8.78 Å². The van der Waals surface area contributed by atoms with E-state index in [1.54, 1.807) is 4.90 Å². The summed E-state index contributed by atoms with van der Waals surface area (Å²) < 4.78 is 27.0. The van der Waals surface area contributed by atoms with Crippen molar-refractivity contribution in [3.8, 4) is 6.07 Å². The second kappa shape index (κ2) is 5.79. The first-order chi connectivity index (χ1) is 9.13. The van der Waals surface area contributed by atoms with Crippen LogP contribution in [0.1, 0.15) is 24.8 Å². The zero-order valence-electron chi connectivity index (χ0n) is 10.4. The molecule has 1 saturated carbocycles. The molecule has 19 heavy (non-hydrogen) atoms. The van der Waals surface area contributed by atoms with E-state index in [4.69, 9.17) is 5.26 Å². The normalized spacial score (nSPS) is 13.9. The van der Waals surface area contributed by atoms with E-state index in [1.165, 1.54) is 6.07 Å². The Morgan fingerprint density at radius 2 is 2.00 bits per heavy atom. The molecule has 0 bridgehead atoms. The van der Waals surface area contributed by atoms with Gasteiger partial charge >= 0.3 is 0 Å². The summed E-state index contributed by atoms with van der Waals surface area (Å²) in [6.07, 6.45) is 1.75. The van der Waals surface area contributed by atoms with Crippen LogP contribution in [0.2, 0.25) is 0 Å². The Morgan fingerprint density at radius 3 is 2.53 bits per heavy atom. The Balaban J connectivity index is 2.08. The topological polar surface area (TPSA) is 44.1 Å². The third-order valence-corrected chi connectivity index (χ3v) is 3.16. The predicted molar refractivity (Wildman–Crippen MR) is 65.0 cm³/mol. The van der Waals surface area contributed by atoms with Gasteiger partial charge in [0, 0.05) is 18.2 Å². The molecule has 0 radical (unpaired) electrons. The third-order valence-electron chi connectivity index (χ3n) is 3.16. The van der Waals surface area contributed by atoms with Crippen LogP contribution >= 0.6 is 0 Å². The minimum Gasteiger partial charge on any atom is -0.338 e. The molecular weight excluding hydrogens is 250 g/mol. The fourth-order valence-corrected chi connectivity index (χ4v) is 2.02. The Bertz CT molecular complexity index is 500. The van der Waals surface area contributed by atoms with Crippen molar-refractivity contribution in [2.45, 2.75) is 31.7 Å². The lowest BCUT2D eigenvalue weighted by Gasteiger charge is -2.21. The minimum atomic E-state index is -0.704. The van der Waals surface area contributed by atoms with Gasteiger partial charge < -0.3 is 4.90 Å². The molecule has 0 atom stereocenters. The molecular formula is C14H14F2N2O. The number of hydrogen-bond acceptors (Lipinski definition) is 2. The van der Waals surface area contributed by atoms with E-state index in [1.807, 2.05) is 6.07 Å². The van der Waals surface area contributed by atoms with Crippen molar-refractivity contribution in [3.63, 3.8) is 0 Å². The molecule has 100 valence electrons. The molecule has 5 heteroatoms. The number of rotatable bonds is 5. The van der Waals surface area contributed by atoms with Gasteiger partial charge in [0.05, 0.1) is 18.9 Å². The van der Waals surface area contributed by atoms with Gasteiger partial charge in [-0.05, 0) is 25.0 Å². The first-order valence-corrected chi connectivity index (χ1v) is 6.22. The van der Waals surface area contributed by atoms with Gasteiger partial charge in [-0.2, -0.15) is 5.26 Å². The van der Waals surface area contributed by atoms with Gasteiger partial charge in [0.2, 0.25) is 5.91 Å². The van der Waals surface area contributed by atoms with Crippen molar-refractivity contribution in [3.05, 3.63) is 35.4 Å². The van der Waals surface area contributed by atoms with Crippen molar-refractivity contribution in [1.29, 1.82) is 5.26 Å². The average Bonchev–Trinajstić information content (AvgIpc) is 3.19. The van der Waals surface area contributed by atoms with Crippen molar-refractivity contribution in [1.82, 2.24) is 4.90 Å². The van der Waals surface area contributed by atoms with E-state index in [-0.39, 0.29) is 30.4 Å². The van der Waals surface area contributed by atoms with Gasteiger partial charge in [-0.3, -0.25) is 4.79 Å². The molecule has 0 unspecified atom stereocenters. The molecule has 3 nitrogen and oxygen atoms in total. The standard InChI is InChI=1S/C14H14F2N2O/c15-12-3-1-4-13(16)11(12)9-14(19)18(8-2-7-17)10-5-6-10/h1,3-4,10H,2,5-6,8-9H2. The van der Waals surface area contributed by atoms with Crippen LogP contribution in [-0.4, -0.2) is 23.4 Å². The smallest absolute Gasteiger partial charge is 0.227 e. The summed E-state index contributed by atoms with van der Waals surface area (Å²) >= 11 is 0. The largest absolute Gasteiger partial charge is 0.338 e. The van der Waals surface area contributed by atoms with Crippen LogP contribution < -0.4 is 0 Å². The van der Waals surface area contributed by atoms with E-state index in [2.05, 4.69) is 0 Å². The first-order valence-electron chi connectivity index (χ1n) is 6.22. The van der Waals surface area contributed by atoms with Crippen LogP contribution in [0, 0.1) is 23.0 Å². The molecule has 0 saturated heterocycles. The van der Waals surface area contributed by atoms with E-state index < -0.39 is 11.6 Å². The van der Waals surface area contributed by atoms with Gasteiger partial charge in [0.1, 0.15) is 11.6 Å². The Labute approximate surface area is 110 Å². The van der Waals surface area contributed by atoms with Crippen LogP contribution in [0.5, 0.6) is 0 Å². The second-order valence-corrected chi connectivity index (χ2v) is 4.60. The van der Waals surface area contributed by atoms with Crippen LogP contribution in [0.15, 0.2) is 18.2 Å². The highest BCUT2D eigenvalue weighted by Crippen LogP contribution is 2.28. The molecule has 1 fully saturated rings. The lowest BCUT2D eigenvalue weighted by atomic mass is 10.1. The van der Waals surface area contributed by atoms with Crippen LogP contribution in [-0.2, 0) is 11.2 Å². The summed E-state index contributed by atoms with van der Waals surface area (Å²) in [6, 6.07) is 5.67. The summed E-state index contributed by atoms with van der Waals surface area (Å²) in [6.45, 7) is 0.329. The lowest BCUT2D eigenvalue weighted by molar-refractivity contribution is -0.131. The molecule has 1 amide bonds. The van der Waals surface area contributed by atoms with E-state index >= 15 is 0 Å². The maximum Gasteiger partial charge on any atom is 0.227 e. The SMILES string of the molecule is N#CCCN(C(=O)Cc1c(F)cccc1F)C1CC1. The first kappa shape index (κ1) is 13.5. The number of carbonyl (C=O) groups is 1. The summed E-state index contributed by atoms with van der Waals surface area (Å²) in [7, 11) is 0. The van der Waals surface area contributed by atoms with Gasteiger partial charge in [-0.1, -0.05) is 6.07 Å². The molecule has 0 N–H and O–H groups in total. The Morgan fingerprint density at radius 1 is 1.37 bits per heavy atom. The second-order valence-electron chi connectivity index (χ2n) is 4.60. The molecule has 2 rings (SSSR count). The molecule has 0 aromatic heterocycles. The molecule has 0 aliphatic heterocycles. The quantitative estimate of drug-likeness (QED) is 0.819. The number of nitriles is 1. The van der Waals surface area contributed by atoms with Crippen molar-refractivity contribution in [2.75, 3.05) is 6.54 Å². The van der Waals surface area contributed by atoms with Crippen molar-refractivity contribution < 1.29 is 13.6 Å². The molecule has 1 aliphatic carbocycles. The predicted octanol–water partition coefficient (Wildman–Crippen LogP) is 2.41. The summed E-state index contributed by atoms with van der Waals surface area (Å²) in [5, 5.41) is 8.57. The highest BCUT2D eigenvalue weighted by molar-refractivity contribution is 5.79. The summed E-state index contributed by atoms with van der Waals surface area (Å²) in [5.74, 6) is -1.73. The highest BCUT2D eigenvalue weighted by atomic mass is 19.1. The fraction of sp³-hybridized carbons (Fsp3) is 0.429. The van der Waals surface area contributed by atoms with E-state index in [0.717, 1.165) is 25.0 Å².